The van der Waals surface area contributed by atoms with Gasteiger partial charge < -0.3 is 14.8 Å². The monoisotopic (exact) mass is 253 g/mol. The lowest BCUT2D eigenvalue weighted by Gasteiger charge is -2.23. The Kier molecular flexibility index (Phi) is 4.96. The molecule has 0 saturated carbocycles. The Morgan fingerprint density at radius 3 is 2.94 bits per heavy atom. The van der Waals surface area contributed by atoms with Crippen molar-refractivity contribution in [3.05, 3.63) is 29.6 Å². The number of nitrogens with one attached hydrogen (secondary N) is 1. The highest BCUT2D eigenvalue weighted by Gasteiger charge is 2.12. The van der Waals surface area contributed by atoms with E-state index in [-0.39, 0.29) is 11.6 Å². The van der Waals surface area contributed by atoms with Gasteiger partial charge in [0.1, 0.15) is 0 Å². The topological polar surface area (TPSA) is 30.5 Å². The lowest BCUT2D eigenvalue weighted by atomic mass is 10.1. The second kappa shape index (κ2) is 6.71. The quantitative estimate of drug-likeness (QED) is 0.874. The van der Waals surface area contributed by atoms with Gasteiger partial charge in [-0.15, -0.1) is 0 Å². The molecule has 1 unspecified atom stereocenters. The highest BCUT2D eigenvalue weighted by Crippen LogP contribution is 2.18. The van der Waals surface area contributed by atoms with E-state index in [4.69, 9.17) is 9.47 Å². The van der Waals surface area contributed by atoms with Crippen LogP contribution in [0.15, 0.2) is 18.2 Å². The van der Waals surface area contributed by atoms with Crippen molar-refractivity contribution in [3.8, 4) is 5.75 Å². The van der Waals surface area contributed by atoms with E-state index in [1.54, 1.807) is 6.07 Å². The van der Waals surface area contributed by atoms with E-state index >= 15 is 0 Å². The van der Waals surface area contributed by atoms with Crippen LogP contribution in [-0.4, -0.2) is 26.3 Å². The lowest BCUT2D eigenvalue weighted by molar-refractivity contribution is 0.0909. The highest BCUT2D eigenvalue weighted by atomic mass is 19.1. The van der Waals surface area contributed by atoms with E-state index in [0.717, 1.165) is 18.5 Å². The molecule has 0 aliphatic carbocycles. The van der Waals surface area contributed by atoms with E-state index in [1.165, 1.54) is 26.0 Å². The largest absolute Gasteiger partial charge is 0.494 e. The molecule has 0 spiro atoms. The van der Waals surface area contributed by atoms with Crippen LogP contribution in [0.2, 0.25) is 0 Å². The van der Waals surface area contributed by atoms with Gasteiger partial charge in [0, 0.05) is 6.04 Å². The molecule has 1 saturated heterocycles. The Morgan fingerprint density at radius 1 is 1.39 bits per heavy atom. The molecular formula is C14H20FNO2. The fraction of sp³-hybridized carbons (Fsp3) is 0.571. The summed E-state index contributed by atoms with van der Waals surface area (Å²) in [6, 6.07) is 5.37. The molecule has 1 heterocycles. The molecule has 1 aromatic carbocycles. The van der Waals surface area contributed by atoms with Crippen LogP contribution < -0.4 is 10.1 Å². The zero-order chi connectivity index (χ0) is 12.8. The highest BCUT2D eigenvalue weighted by molar-refractivity contribution is 5.28. The molecule has 1 aliphatic heterocycles. The van der Waals surface area contributed by atoms with Crippen molar-refractivity contribution in [1.82, 2.24) is 5.32 Å². The maximum Gasteiger partial charge on any atom is 0.165 e. The van der Waals surface area contributed by atoms with Gasteiger partial charge in [-0.1, -0.05) is 12.5 Å². The molecule has 1 aromatic rings. The average molecular weight is 253 g/mol. The van der Waals surface area contributed by atoms with Crippen molar-refractivity contribution in [3.63, 3.8) is 0 Å². The summed E-state index contributed by atoms with van der Waals surface area (Å²) in [4.78, 5) is 0. The van der Waals surface area contributed by atoms with Gasteiger partial charge in [0.15, 0.2) is 11.6 Å². The van der Waals surface area contributed by atoms with Crippen LogP contribution in [0.3, 0.4) is 0 Å². The van der Waals surface area contributed by atoms with Crippen LogP contribution in [0, 0.1) is 5.82 Å². The van der Waals surface area contributed by atoms with Crippen LogP contribution in [0.5, 0.6) is 5.75 Å². The third-order valence-electron chi connectivity index (χ3n) is 3.22. The molecule has 100 valence electrons. The van der Waals surface area contributed by atoms with Crippen LogP contribution in [-0.2, 0) is 11.3 Å². The summed E-state index contributed by atoms with van der Waals surface area (Å²) in [5, 5.41) is 3.42. The molecule has 0 bridgehead atoms. The van der Waals surface area contributed by atoms with Crippen LogP contribution >= 0.6 is 0 Å². The molecule has 2 rings (SSSR count). The first kappa shape index (κ1) is 13.3. The minimum atomic E-state index is -0.339. The van der Waals surface area contributed by atoms with E-state index in [1.807, 2.05) is 6.07 Å². The van der Waals surface area contributed by atoms with Gasteiger partial charge in [-0.25, -0.2) is 4.39 Å². The second-order valence-electron chi connectivity index (χ2n) is 4.63. The first-order valence-electron chi connectivity index (χ1n) is 6.43. The summed E-state index contributed by atoms with van der Waals surface area (Å²) in [6.45, 7) is 2.21. The van der Waals surface area contributed by atoms with Crippen LogP contribution in [0.1, 0.15) is 24.8 Å². The minimum absolute atomic E-state index is 0.271. The molecule has 18 heavy (non-hydrogen) atoms. The van der Waals surface area contributed by atoms with Crippen molar-refractivity contribution >= 4 is 0 Å². The number of piperidine rings is 1. The zero-order valence-corrected chi connectivity index (χ0v) is 10.7. The SMILES string of the molecule is COc1ccc(COCC2CCCCN2)cc1F. The van der Waals surface area contributed by atoms with Crippen molar-refractivity contribution in [2.75, 3.05) is 20.3 Å². The maximum absolute atomic E-state index is 13.4. The summed E-state index contributed by atoms with van der Waals surface area (Å²) in [5.74, 6) is -0.0675. The number of ether oxygens (including phenoxy) is 2. The van der Waals surface area contributed by atoms with Gasteiger partial charge >= 0.3 is 0 Å². The Balaban J connectivity index is 1.77. The maximum atomic E-state index is 13.4. The third kappa shape index (κ3) is 3.68. The normalized spacial score (nSPS) is 19.8. The summed E-state index contributed by atoms with van der Waals surface area (Å²) >= 11 is 0. The number of hydrogen-bond donors (Lipinski definition) is 1. The number of rotatable bonds is 5. The lowest BCUT2D eigenvalue weighted by Crippen LogP contribution is -2.37. The molecule has 1 N–H and O–H groups in total. The van der Waals surface area contributed by atoms with E-state index in [9.17, 15) is 4.39 Å². The summed E-state index contributed by atoms with van der Waals surface area (Å²) in [7, 11) is 1.46. The van der Waals surface area contributed by atoms with Crippen LogP contribution in [0.25, 0.3) is 0 Å². The Bertz CT molecular complexity index is 378. The molecule has 1 aliphatic rings. The fourth-order valence-electron chi connectivity index (χ4n) is 2.18. The van der Waals surface area contributed by atoms with Gasteiger partial charge in [-0.05, 0) is 37.1 Å². The van der Waals surface area contributed by atoms with Gasteiger partial charge in [0.05, 0.1) is 20.3 Å². The smallest absolute Gasteiger partial charge is 0.165 e. The summed E-state index contributed by atoms with van der Waals surface area (Å²) in [5.41, 5.74) is 0.837. The molecular weight excluding hydrogens is 233 g/mol. The van der Waals surface area contributed by atoms with E-state index in [0.29, 0.717) is 19.3 Å². The Morgan fingerprint density at radius 2 is 2.28 bits per heavy atom. The molecule has 1 atom stereocenters. The van der Waals surface area contributed by atoms with Crippen molar-refractivity contribution < 1.29 is 13.9 Å². The van der Waals surface area contributed by atoms with Crippen LogP contribution in [0.4, 0.5) is 4.39 Å². The second-order valence-corrected chi connectivity index (χ2v) is 4.63. The molecule has 0 radical (unpaired) electrons. The van der Waals surface area contributed by atoms with E-state index in [2.05, 4.69) is 5.32 Å². The Hall–Kier alpha value is -1.13. The van der Waals surface area contributed by atoms with Crippen molar-refractivity contribution in [1.29, 1.82) is 0 Å². The molecule has 0 aromatic heterocycles. The number of halogens is 1. The van der Waals surface area contributed by atoms with Crippen molar-refractivity contribution in [2.24, 2.45) is 0 Å². The third-order valence-corrected chi connectivity index (χ3v) is 3.22. The molecule has 1 fully saturated rings. The number of methoxy groups -OCH3 is 1. The fourth-order valence-corrected chi connectivity index (χ4v) is 2.18. The summed E-state index contributed by atoms with van der Waals surface area (Å²) < 4.78 is 23.9. The molecule has 4 heteroatoms. The Labute approximate surface area is 107 Å². The predicted molar refractivity (Wildman–Crippen MR) is 68.2 cm³/mol. The van der Waals surface area contributed by atoms with Crippen molar-refractivity contribution in [2.45, 2.75) is 31.9 Å². The van der Waals surface area contributed by atoms with Gasteiger partial charge in [-0.3, -0.25) is 0 Å². The zero-order valence-electron chi connectivity index (χ0n) is 10.7. The average Bonchev–Trinajstić information content (AvgIpc) is 2.40. The van der Waals surface area contributed by atoms with Gasteiger partial charge in [-0.2, -0.15) is 0 Å². The first-order chi connectivity index (χ1) is 8.79. The van der Waals surface area contributed by atoms with Gasteiger partial charge in [0.25, 0.3) is 0 Å². The first-order valence-corrected chi connectivity index (χ1v) is 6.43. The predicted octanol–water partition coefficient (Wildman–Crippen LogP) is 2.49. The van der Waals surface area contributed by atoms with E-state index < -0.39 is 0 Å². The minimum Gasteiger partial charge on any atom is -0.494 e. The van der Waals surface area contributed by atoms with Gasteiger partial charge in [0.2, 0.25) is 0 Å². The molecule has 0 amide bonds. The number of hydrogen-bond acceptors (Lipinski definition) is 3. The molecule has 3 nitrogen and oxygen atoms in total. The summed E-state index contributed by atoms with van der Waals surface area (Å²) in [6.07, 6.45) is 3.68. The number of benzene rings is 1. The standard InChI is InChI=1S/C14H20FNO2/c1-17-14-6-5-11(8-13(14)15)9-18-10-12-4-2-3-7-16-12/h5-6,8,12,16H,2-4,7,9-10H2,1H3.